The largest absolute Gasteiger partial charge is 0.472 e. The molecule has 3 N–H and O–H groups in total. The molecular formula is C82H156O17P2. The Balaban J connectivity index is 5.27. The summed E-state index contributed by atoms with van der Waals surface area (Å²) in [4.78, 5) is 73.0. The van der Waals surface area contributed by atoms with Gasteiger partial charge < -0.3 is 33.8 Å². The predicted octanol–water partition coefficient (Wildman–Crippen LogP) is 24.4. The Hall–Kier alpha value is -2.46. The van der Waals surface area contributed by atoms with Crippen molar-refractivity contribution in [1.82, 2.24) is 0 Å². The van der Waals surface area contributed by atoms with E-state index >= 15 is 0 Å². The third-order valence-electron chi connectivity index (χ3n) is 18.7. The Bertz CT molecular complexity index is 2020. The van der Waals surface area contributed by atoms with Gasteiger partial charge >= 0.3 is 39.5 Å². The number of allylic oxidation sites excluding steroid dienone is 4. The topological polar surface area (TPSA) is 237 Å². The molecule has 0 aromatic carbocycles. The number of phosphoric ester groups is 2. The lowest BCUT2D eigenvalue weighted by molar-refractivity contribution is -0.161. The van der Waals surface area contributed by atoms with E-state index in [1.807, 2.05) is 0 Å². The molecule has 0 spiro atoms. The van der Waals surface area contributed by atoms with Gasteiger partial charge in [0.2, 0.25) is 0 Å². The molecule has 0 aliphatic heterocycles. The minimum Gasteiger partial charge on any atom is -0.462 e. The van der Waals surface area contributed by atoms with Gasteiger partial charge in [-0.05, 0) is 57.3 Å². The number of rotatable bonds is 80. The highest BCUT2D eigenvalue weighted by atomic mass is 31.2. The second-order valence-corrected chi connectivity index (χ2v) is 32.2. The average Bonchev–Trinajstić information content (AvgIpc) is 0.964. The molecular weight excluding hydrogens is 1320 g/mol. The summed E-state index contributed by atoms with van der Waals surface area (Å²) in [5, 5.41) is 10.6. The molecule has 0 aliphatic rings. The first-order valence-corrected chi connectivity index (χ1v) is 44.9. The SMILES string of the molecule is CCCCCC/C=C\C=C/CCCCCCCC(=O)OC[C@H](COP(=O)(O)OC[C@@H](O)COP(=O)(O)OC[C@@H](COC(=O)CCCCCCCCCCC(C)C)OC(=O)CCCCCCCCCCCCCCCCC)OC(=O)CCCCCCCCCCCCCCCCCCCCCC. The minimum absolute atomic E-state index is 0.102. The molecule has 17 nitrogen and oxygen atoms in total. The number of aliphatic hydroxyl groups excluding tert-OH is 1. The van der Waals surface area contributed by atoms with E-state index in [9.17, 15) is 43.2 Å². The van der Waals surface area contributed by atoms with Crippen LogP contribution < -0.4 is 0 Å². The van der Waals surface area contributed by atoms with Crippen molar-refractivity contribution < 1.29 is 80.2 Å². The third-order valence-corrected chi connectivity index (χ3v) is 20.6. The quantitative estimate of drug-likeness (QED) is 0.0169. The van der Waals surface area contributed by atoms with Crippen molar-refractivity contribution >= 4 is 39.5 Å². The smallest absolute Gasteiger partial charge is 0.462 e. The fourth-order valence-corrected chi connectivity index (χ4v) is 13.8. The van der Waals surface area contributed by atoms with Crippen LogP contribution in [-0.4, -0.2) is 96.7 Å². The molecule has 19 heteroatoms. The maximum atomic E-state index is 13.1. The zero-order valence-corrected chi connectivity index (χ0v) is 67.3. The molecule has 0 aliphatic carbocycles. The molecule has 0 fully saturated rings. The molecule has 0 bridgehead atoms. The zero-order valence-electron chi connectivity index (χ0n) is 65.5. The number of hydrogen-bond donors (Lipinski definition) is 3. The predicted molar refractivity (Wildman–Crippen MR) is 414 cm³/mol. The van der Waals surface area contributed by atoms with Crippen molar-refractivity contribution in [2.24, 2.45) is 5.92 Å². The van der Waals surface area contributed by atoms with Gasteiger partial charge in [-0.1, -0.05) is 361 Å². The summed E-state index contributed by atoms with van der Waals surface area (Å²) in [5.41, 5.74) is 0. The molecule has 0 aromatic rings. The van der Waals surface area contributed by atoms with Crippen LogP contribution in [0.1, 0.15) is 413 Å². The first-order chi connectivity index (χ1) is 49.0. The number of aliphatic hydroxyl groups is 1. The summed E-state index contributed by atoms with van der Waals surface area (Å²) in [7, 11) is -9.93. The van der Waals surface area contributed by atoms with Gasteiger partial charge in [0.25, 0.3) is 0 Å². The van der Waals surface area contributed by atoms with Crippen LogP contribution in [0.4, 0.5) is 0 Å². The second-order valence-electron chi connectivity index (χ2n) is 29.3. The second kappa shape index (κ2) is 74.4. The van der Waals surface area contributed by atoms with Crippen molar-refractivity contribution in [3.05, 3.63) is 24.3 Å². The molecule has 2 unspecified atom stereocenters. The first-order valence-electron chi connectivity index (χ1n) is 42.0. The van der Waals surface area contributed by atoms with Crippen LogP contribution in [0.3, 0.4) is 0 Å². The molecule has 0 aromatic heterocycles. The van der Waals surface area contributed by atoms with E-state index in [0.29, 0.717) is 25.7 Å². The molecule has 596 valence electrons. The van der Waals surface area contributed by atoms with E-state index < -0.39 is 97.5 Å². The molecule has 0 saturated heterocycles. The number of carbonyl (C=O) groups excluding carboxylic acids is 4. The maximum Gasteiger partial charge on any atom is 0.472 e. The number of hydrogen-bond acceptors (Lipinski definition) is 15. The van der Waals surface area contributed by atoms with Crippen LogP contribution in [0.2, 0.25) is 0 Å². The van der Waals surface area contributed by atoms with Gasteiger partial charge in [-0.15, -0.1) is 0 Å². The fourth-order valence-electron chi connectivity index (χ4n) is 12.2. The monoisotopic (exact) mass is 1480 g/mol. The highest BCUT2D eigenvalue weighted by Gasteiger charge is 2.30. The van der Waals surface area contributed by atoms with E-state index in [4.69, 9.17) is 37.0 Å². The van der Waals surface area contributed by atoms with Crippen molar-refractivity contribution in [3.8, 4) is 0 Å². The summed E-state index contributed by atoms with van der Waals surface area (Å²) in [6, 6.07) is 0. The molecule has 101 heavy (non-hydrogen) atoms. The number of ether oxygens (including phenoxy) is 4. The Kier molecular flexibility index (Phi) is 72.6. The van der Waals surface area contributed by atoms with Crippen LogP contribution in [0, 0.1) is 5.92 Å². The van der Waals surface area contributed by atoms with E-state index in [2.05, 4.69) is 58.9 Å². The molecule has 0 heterocycles. The number of phosphoric acid groups is 2. The van der Waals surface area contributed by atoms with Gasteiger partial charge in [0, 0.05) is 25.7 Å². The van der Waals surface area contributed by atoms with Crippen LogP contribution in [0.15, 0.2) is 24.3 Å². The molecule has 0 amide bonds. The summed E-state index contributed by atoms with van der Waals surface area (Å²) < 4.78 is 68.7. The van der Waals surface area contributed by atoms with Gasteiger partial charge in [0.1, 0.15) is 19.3 Å². The van der Waals surface area contributed by atoms with Crippen LogP contribution in [-0.2, 0) is 65.4 Å². The molecule has 5 atom stereocenters. The van der Waals surface area contributed by atoms with Crippen LogP contribution >= 0.6 is 15.6 Å². The zero-order chi connectivity index (χ0) is 74.1. The van der Waals surface area contributed by atoms with E-state index in [0.717, 1.165) is 115 Å². The normalized spacial score (nSPS) is 14.0. The van der Waals surface area contributed by atoms with E-state index in [1.165, 1.54) is 218 Å². The standard InChI is InChI=1S/C82H156O17P2/c1-6-9-12-15-18-21-24-27-30-31-32-33-34-37-40-43-46-53-58-63-68-81(86)98-77(71-92-79(84)65-60-55-50-44-41-38-35-28-25-22-19-16-13-10-7-2)73-96-100(88,89)94-69-76(83)70-95-101(90,91)97-74-78(72-93-80(85)66-61-56-51-48-47-49-54-59-64-75(4)5)99-82(87)67-62-57-52-45-42-39-36-29-26-23-20-17-14-11-8-3/h22,25,28,35,75-78,83H,6-21,23-24,26-27,29-34,36-74H2,1-5H3,(H,88,89)(H,90,91)/b25-22-,35-28-/t76-,77-,78-/m1/s1. The average molecular weight is 1480 g/mol. The Morgan fingerprint density at radius 3 is 0.812 bits per heavy atom. The Morgan fingerprint density at radius 1 is 0.307 bits per heavy atom. The van der Waals surface area contributed by atoms with E-state index in [-0.39, 0.29) is 25.7 Å². The summed E-state index contributed by atoms with van der Waals surface area (Å²) in [6.45, 7) is 7.24. The van der Waals surface area contributed by atoms with Crippen LogP contribution in [0.25, 0.3) is 0 Å². The highest BCUT2D eigenvalue weighted by molar-refractivity contribution is 7.47. The fraction of sp³-hybridized carbons (Fsp3) is 0.902. The lowest BCUT2D eigenvalue weighted by Gasteiger charge is -2.21. The summed E-state index contributed by atoms with van der Waals surface area (Å²) in [5.74, 6) is -1.41. The van der Waals surface area contributed by atoms with Crippen molar-refractivity contribution in [3.63, 3.8) is 0 Å². The Morgan fingerprint density at radius 2 is 0.535 bits per heavy atom. The summed E-state index contributed by atoms with van der Waals surface area (Å²) in [6.07, 6.45) is 68.8. The van der Waals surface area contributed by atoms with Gasteiger partial charge in [-0.3, -0.25) is 37.3 Å². The maximum absolute atomic E-state index is 13.1. The van der Waals surface area contributed by atoms with Crippen molar-refractivity contribution in [1.29, 1.82) is 0 Å². The highest BCUT2D eigenvalue weighted by Crippen LogP contribution is 2.45. The number of unbranched alkanes of at least 4 members (excludes halogenated alkanes) is 49. The minimum atomic E-state index is -4.97. The van der Waals surface area contributed by atoms with Gasteiger partial charge in [0.15, 0.2) is 12.2 Å². The van der Waals surface area contributed by atoms with Crippen LogP contribution in [0.5, 0.6) is 0 Å². The Labute approximate surface area is 618 Å². The van der Waals surface area contributed by atoms with Gasteiger partial charge in [-0.25, -0.2) is 9.13 Å². The first kappa shape index (κ1) is 98.5. The third kappa shape index (κ3) is 75.6. The van der Waals surface area contributed by atoms with Gasteiger partial charge in [0.05, 0.1) is 26.4 Å². The van der Waals surface area contributed by atoms with Crippen molar-refractivity contribution in [2.45, 2.75) is 432 Å². The molecule has 0 radical (unpaired) electrons. The lowest BCUT2D eigenvalue weighted by Crippen LogP contribution is -2.30. The van der Waals surface area contributed by atoms with Gasteiger partial charge in [-0.2, -0.15) is 0 Å². The summed E-state index contributed by atoms with van der Waals surface area (Å²) >= 11 is 0. The number of esters is 4. The molecule has 0 saturated carbocycles. The van der Waals surface area contributed by atoms with Crippen molar-refractivity contribution in [2.75, 3.05) is 39.6 Å². The molecule has 0 rings (SSSR count). The van der Waals surface area contributed by atoms with E-state index in [1.54, 1.807) is 0 Å². The lowest BCUT2D eigenvalue weighted by atomic mass is 10.0. The number of carbonyl (C=O) groups is 4.